The molecule has 6 nitrogen and oxygen atoms in total. The maximum atomic E-state index is 12.1. The van der Waals surface area contributed by atoms with Crippen LogP contribution in [0.1, 0.15) is 29.8 Å². The maximum absolute atomic E-state index is 12.1. The number of anilines is 2. The van der Waals surface area contributed by atoms with Crippen LogP contribution in [0, 0.1) is 0 Å². The molecule has 0 bridgehead atoms. The van der Waals surface area contributed by atoms with E-state index >= 15 is 0 Å². The monoisotopic (exact) mass is 310 g/mol. The molecule has 0 heterocycles. The zero-order valence-electron chi connectivity index (χ0n) is 13.0. The fraction of sp³-hybridized carbons (Fsp3) is 0.118. The van der Waals surface area contributed by atoms with Crippen LogP contribution in [0.4, 0.5) is 11.4 Å². The number of nitrogens with two attached hydrogens (primary N) is 1. The molecule has 23 heavy (non-hydrogen) atoms. The molecule has 0 fully saturated rings. The molecule has 0 radical (unpaired) electrons. The molecule has 2 aromatic carbocycles. The third kappa shape index (κ3) is 4.67. The van der Waals surface area contributed by atoms with Crippen LogP contribution in [0.2, 0.25) is 0 Å². The number of rotatable bonds is 4. The van der Waals surface area contributed by atoms with Gasteiger partial charge in [0.05, 0.1) is 5.71 Å². The van der Waals surface area contributed by atoms with Crippen LogP contribution in [-0.2, 0) is 4.79 Å². The molecular formula is C17H18N4O2. The summed E-state index contributed by atoms with van der Waals surface area (Å²) in [7, 11) is 0. The SMILES string of the molecule is CC(=O)Nc1ccc(C(=O)NN=C(C)c2cccc(N)c2)cc1. The van der Waals surface area contributed by atoms with Crippen molar-refractivity contribution in [2.45, 2.75) is 13.8 Å². The number of nitrogens with zero attached hydrogens (tertiary/aromatic N) is 1. The highest BCUT2D eigenvalue weighted by molar-refractivity contribution is 6.01. The van der Waals surface area contributed by atoms with Crippen molar-refractivity contribution in [2.24, 2.45) is 5.10 Å². The van der Waals surface area contributed by atoms with Crippen molar-refractivity contribution >= 4 is 28.9 Å². The smallest absolute Gasteiger partial charge is 0.271 e. The molecule has 118 valence electrons. The largest absolute Gasteiger partial charge is 0.399 e. The first kappa shape index (κ1) is 16.2. The lowest BCUT2D eigenvalue weighted by atomic mass is 10.1. The molecule has 2 amide bonds. The van der Waals surface area contributed by atoms with Crippen LogP contribution in [0.15, 0.2) is 53.6 Å². The number of amides is 2. The molecule has 2 aromatic rings. The van der Waals surface area contributed by atoms with Gasteiger partial charge in [-0.15, -0.1) is 0 Å². The second kappa shape index (κ2) is 7.22. The van der Waals surface area contributed by atoms with Crippen molar-refractivity contribution in [3.8, 4) is 0 Å². The van der Waals surface area contributed by atoms with Crippen LogP contribution in [-0.4, -0.2) is 17.5 Å². The Morgan fingerprint density at radius 1 is 1.00 bits per heavy atom. The van der Waals surface area contributed by atoms with Crippen molar-refractivity contribution in [3.05, 3.63) is 59.7 Å². The van der Waals surface area contributed by atoms with Crippen molar-refractivity contribution in [1.29, 1.82) is 0 Å². The topological polar surface area (TPSA) is 96.6 Å². The number of hydrazone groups is 1. The highest BCUT2D eigenvalue weighted by Gasteiger charge is 2.05. The van der Waals surface area contributed by atoms with E-state index in [4.69, 9.17) is 5.73 Å². The van der Waals surface area contributed by atoms with E-state index in [1.807, 2.05) is 12.1 Å². The fourth-order valence-corrected chi connectivity index (χ4v) is 1.94. The van der Waals surface area contributed by atoms with Gasteiger partial charge >= 0.3 is 0 Å². The van der Waals surface area contributed by atoms with E-state index in [1.165, 1.54) is 6.92 Å². The summed E-state index contributed by atoms with van der Waals surface area (Å²) in [6.45, 7) is 3.21. The summed E-state index contributed by atoms with van der Waals surface area (Å²) in [5, 5.41) is 6.71. The normalized spacial score (nSPS) is 11.0. The summed E-state index contributed by atoms with van der Waals surface area (Å²) >= 11 is 0. The average molecular weight is 310 g/mol. The second-order valence-electron chi connectivity index (χ2n) is 5.02. The quantitative estimate of drug-likeness (QED) is 0.459. The Kier molecular flexibility index (Phi) is 5.09. The first-order valence-electron chi connectivity index (χ1n) is 7.04. The van der Waals surface area contributed by atoms with E-state index in [2.05, 4.69) is 15.8 Å². The molecule has 2 rings (SSSR count). The molecule has 0 aromatic heterocycles. The maximum Gasteiger partial charge on any atom is 0.271 e. The lowest BCUT2D eigenvalue weighted by Crippen LogP contribution is -2.19. The Bertz CT molecular complexity index is 751. The minimum atomic E-state index is -0.331. The molecule has 0 aliphatic heterocycles. The Hall–Kier alpha value is -3.15. The number of nitrogen functional groups attached to an aromatic ring is 1. The zero-order valence-corrected chi connectivity index (χ0v) is 13.0. The van der Waals surface area contributed by atoms with Crippen molar-refractivity contribution in [1.82, 2.24) is 5.43 Å². The molecule has 0 unspecified atom stereocenters. The van der Waals surface area contributed by atoms with Gasteiger partial charge in [0, 0.05) is 23.9 Å². The highest BCUT2D eigenvalue weighted by Crippen LogP contribution is 2.10. The number of carbonyl (C=O) groups is 2. The van der Waals surface area contributed by atoms with Crippen molar-refractivity contribution < 1.29 is 9.59 Å². The molecule has 0 saturated heterocycles. The third-order valence-electron chi connectivity index (χ3n) is 3.10. The second-order valence-corrected chi connectivity index (χ2v) is 5.02. The molecule has 0 spiro atoms. The average Bonchev–Trinajstić information content (AvgIpc) is 2.52. The van der Waals surface area contributed by atoms with Crippen LogP contribution < -0.4 is 16.5 Å². The number of benzene rings is 2. The van der Waals surface area contributed by atoms with Gasteiger partial charge in [0.15, 0.2) is 0 Å². The molecule has 0 saturated carbocycles. The number of nitrogens with one attached hydrogen (secondary N) is 2. The van der Waals surface area contributed by atoms with Crippen molar-refractivity contribution in [2.75, 3.05) is 11.1 Å². The fourth-order valence-electron chi connectivity index (χ4n) is 1.94. The van der Waals surface area contributed by atoms with Gasteiger partial charge in [-0.05, 0) is 48.9 Å². The van der Waals surface area contributed by atoms with Gasteiger partial charge in [-0.2, -0.15) is 5.10 Å². The van der Waals surface area contributed by atoms with Crippen molar-refractivity contribution in [3.63, 3.8) is 0 Å². The van der Waals surface area contributed by atoms with E-state index in [-0.39, 0.29) is 11.8 Å². The predicted octanol–water partition coefficient (Wildman–Crippen LogP) is 2.38. The number of hydrogen-bond acceptors (Lipinski definition) is 4. The van der Waals surface area contributed by atoms with E-state index < -0.39 is 0 Å². The van der Waals surface area contributed by atoms with Crippen LogP contribution in [0.25, 0.3) is 0 Å². The van der Waals surface area contributed by atoms with E-state index in [9.17, 15) is 9.59 Å². The van der Waals surface area contributed by atoms with Crippen LogP contribution in [0.3, 0.4) is 0 Å². The summed E-state index contributed by atoms with van der Waals surface area (Å²) in [6.07, 6.45) is 0. The van der Waals surface area contributed by atoms with Gasteiger partial charge in [0.2, 0.25) is 5.91 Å². The molecular weight excluding hydrogens is 292 g/mol. The van der Waals surface area contributed by atoms with Gasteiger partial charge in [-0.25, -0.2) is 5.43 Å². The minimum Gasteiger partial charge on any atom is -0.399 e. The Morgan fingerprint density at radius 2 is 1.70 bits per heavy atom. The first-order valence-corrected chi connectivity index (χ1v) is 7.04. The van der Waals surface area contributed by atoms with Gasteiger partial charge in [-0.3, -0.25) is 9.59 Å². The number of hydrogen-bond donors (Lipinski definition) is 3. The Morgan fingerprint density at radius 3 is 2.30 bits per heavy atom. The van der Waals surface area contributed by atoms with E-state index in [1.54, 1.807) is 43.3 Å². The molecule has 0 atom stereocenters. The molecule has 4 N–H and O–H groups in total. The highest BCUT2D eigenvalue weighted by atomic mass is 16.2. The first-order chi connectivity index (χ1) is 11.0. The van der Waals surface area contributed by atoms with Gasteiger partial charge in [0.1, 0.15) is 0 Å². The third-order valence-corrected chi connectivity index (χ3v) is 3.10. The predicted molar refractivity (Wildman–Crippen MR) is 91.3 cm³/mol. The van der Waals surface area contributed by atoms with Crippen LogP contribution in [0.5, 0.6) is 0 Å². The zero-order chi connectivity index (χ0) is 16.8. The summed E-state index contributed by atoms with van der Waals surface area (Å²) in [6, 6.07) is 13.8. The molecule has 0 aliphatic rings. The lowest BCUT2D eigenvalue weighted by molar-refractivity contribution is -0.114. The summed E-state index contributed by atoms with van der Waals surface area (Å²) in [5.41, 5.74) is 11.4. The van der Waals surface area contributed by atoms with E-state index in [0.29, 0.717) is 22.6 Å². The molecule has 6 heteroatoms. The molecule has 0 aliphatic carbocycles. The summed E-state index contributed by atoms with van der Waals surface area (Å²) < 4.78 is 0. The van der Waals surface area contributed by atoms with E-state index in [0.717, 1.165) is 5.56 Å². The summed E-state index contributed by atoms with van der Waals surface area (Å²) in [4.78, 5) is 23.0. The van der Waals surface area contributed by atoms with Gasteiger partial charge in [-0.1, -0.05) is 12.1 Å². The Balaban J connectivity index is 2.04. The van der Waals surface area contributed by atoms with Gasteiger partial charge in [0.25, 0.3) is 5.91 Å². The number of carbonyl (C=O) groups excluding carboxylic acids is 2. The standard InChI is InChI=1S/C17H18N4O2/c1-11(14-4-3-5-15(18)10-14)20-21-17(23)13-6-8-16(9-7-13)19-12(2)22/h3-10H,18H2,1-2H3,(H,19,22)(H,21,23). The Labute approximate surface area is 134 Å². The minimum absolute atomic E-state index is 0.162. The van der Waals surface area contributed by atoms with Gasteiger partial charge < -0.3 is 11.1 Å². The lowest BCUT2D eigenvalue weighted by Gasteiger charge is -2.05. The summed E-state index contributed by atoms with van der Waals surface area (Å²) in [5.74, 6) is -0.493. The van der Waals surface area contributed by atoms with Crippen LogP contribution >= 0.6 is 0 Å².